The first-order chi connectivity index (χ1) is 9.22. The highest BCUT2D eigenvalue weighted by Crippen LogP contribution is 2.22. The summed E-state index contributed by atoms with van der Waals surface area (Å²) in [6, 6.07) is 7.27. The highest BCUT2D eigenvalue weighted by Gasteiger charge is 2.13. The van der Waals surface area contributed by atoms with E-state index < -0.39 is 6.09 Å². The largest absolute Gasteiger partial charge is 0.415 e. The van der Waals surface area contributed by atoms with Crippen molar-refractivity contribution < 1.29 is 9.53 Å². The average molecular weight is 280 g/mol. The minimum Gasteiger partial charge on any atom is -0.408 e. The molecule has 1 heterocycles. The number of carbonyl (C=O) groups excluding carboxylic acids is 1. The van der Waals surface area contributed by atoms with Crippen molar-refractivity contribution >= 4 is 17.7 Å². The molecule has 6 heteroatoms. The van der Waals surface area contributed by atoms with Gasteiger partial charge >= 0.3 is 6.09 Å². The second-order valence-corrected chi connectivity index (χ2v) is 4.29. The summed E-state index contributed by atoms with van der Waals surface area (Å²) >= 11 is 5.59. The van der Waals surface area contributed by atoms with Crippen LogP contribution in [0.2, 0.25) is 0 Å². The van der Waals surface area contributed by atoms with Crippen LogP contribution in [0.3, 0.4) is 0 Å². The topological polar surface area (TPSA) is 47.4 Å². The Kier molecular flexibility index (Phi) is 4.41. The molecule has 0 aliphatic heterocycles. The predicted octanol–water partition coefficient (Wildman–Crippen LogP) is 2.54. The minimum atomic E-state index is -0.437. The molecule has 0 atom stereocenters. The molecule has 1 amide bonds. The van der Waals surface area contributed by atoms with E-state index in [1.54, 1.807) is 36.4 Å². The number of nitrogens with zero attached hydrogens (tertiary/aromatic N) is 3. The van der Waals surface area contributed by atoms with Crippen LogP contribution in [0.25, 0.3) is 5.69 Å². The second kappa shape index (κ2) is 6.24. The summed E-state index contributed by atoms with van der Waals surface area (Å²) in [6.07, 6.45) is 4.66. The summed E-state index contributed by atoms with van der Waals surface area (Å²) < 4.78 is 7.15. The lowest BCUT2D eigenvalue weighted by molar-refractivity contribution is 0.165. The number of hydrogen-bond donors (Lipinski definition) is 0. The fourth-order valence-corrected chi connectivity index (χ4v) is 1.80. The fourth-order valence-electron chi connectivity index (χ4n) is 1.55. The van der Waals surface area contributed by atoms with E-state index in [4.69, 9.17) is 16.3 Å². The van der Waals surface area contributed by atoms with Gasteiger partial charge in [0, 0.05) is 31.9 Å². The number of ether oxygens (including phenoxy) is 1. The third-order valence-corrected chi connectivity index (χ3v) is 2.75. The number of imidazole rings is 1. The Bertz CT molecular complexity index is 543. The van der Waals surface area contributed by atoms with Crippen molar-refractivity contribution in [2.24, 2.45) is 0 Å². The molecule has 0 N–H and O–H groups in total. The first-order valence-electron chi connectivity index (χ1n) is 5.78. The van der Waals surface area contributed by atoms with E-state index in [2.05, 4.69) is 4.98 Å². The van der Waals surface area contributed by atoms with E-state index in [-0.39, 0.29) is 0 Å². The Hall–Kier alpha value is -2.01. The van der Waals surface area contributed by atoms with E-state index in [9.17, 15) is 4.79 Å². The van der Waals surface area contributed by atoms with Gasteiger partial charge in [-0.05, 0) is 12.1 Å². The number of rotatable bonds is 4. The molecule has 2 aromatic rings. The Morgan fingerprint density at radius 3 is 2.95 bits per heavy atom. The number of hydrogen-bond acceptors (Lipinski definition) is 3. The van der Waals surface area contributed by atoms with Gasteiger partial charge in [-0.2, -0.15) is 0 Å². The molecule has 1 aromatic carbocycles. The minimum absolute atomic E-state index is 0.370. The molecule has 0 saturated heterocycles. The Morgan fingerprint density at radius 2 is 2.26 bits per heavy atom. The summed E-state index contributed by atoms with van der Waals surface area (Å²) in [5, 5.41) is 0. The van der Waals surface area contributed by atoms with E-state index in [0.717, 1.165) is 5.69 Å². The highest BCUT2D eigenvalue weighted by molar-refractivity contribution is 6.18. The molecule has 0 spiro atoms. The van der Waals surface area contributed by atoms with Crippen LogP contribution in [0, 0.1) is 0 Å². The summed E-state index contributed by atoms with van der Waals surface area (Å²) in [5.74, 6) is 0.848. The lowest BCUT2D eigenvalue weighted by Crippen LogP contribution is -2.31. The third-order valence-electron chi connectivity index (χ3n) is 2.58. The molecule has 0 saturated carbocycles. The summed E-state index contributed by atoms with van der Waals surface area (Å²) in [7, 11) is 1.64. The predicted molar refractivity (Wildman–Crippen MR) is 72.9 cm³/mol. The molecule has 5 nitrogen and oxygen atoms in total. The van der Waals surface area contributed by atoms with E-state index in [1.807, 2.05) is 18.2 Å². The lowest BCUT2D eigenvalue weighted by atomic mass is 10.3. The third kappa shape index (κ3) is 3.26. The maximum atomic E-state index is 11.8. The smallest absolute Gasteiger partial charge is 0.408 e. The van der Waals surface area contributed by atoms with Crippen LogP contribution in [-0.4, -0.2) is 40.0 Å². The zero-order valence-electron chi connectivity index (χ0n) is 10.5. The van der Waals surface area contributed by atoms with Crippen LogP contribution in [0.5, 0.6) is 5.75 Å². The quantitative estimate of drug-likeness (QED) is 0.808. The van der Waals surface area contributed by atoms with Crippen LogP contribution in [0.4, 0.5) is 4.79 Å². The number of halogens is 1. The summed E-state index contributed by atoms with van der Waals surface area (Å²) in [6.45, 7) is 0.438. The molecule has 1 aromatic heterocycles. The second-order valence-electron chi connectivity index (χ2n) is 3.92. The number of carbonyl (C=O) groups is 1. The van der Waals surface area contributed by atoms with Crippen LogP contribution in [-0.2, 0) is 0 Å². The van der Waals surface area contributed by atoms with Gasteiger partial charge in [0.05, 0.1) is 12.0 Å². The molecule has 0 aliphatic rings. The van der Waals surface area contributed by atoms with Gasteiger partial charge in [-0.15, -0.1) is 11.6 Å². The molecule has 0 aliphatic carbocycles. The standard InChI is InChI=1S/C13H14ClN3O2/c1-16(8-6-14)13(18)19-12-5-3-2-4-11(12)17-9-7-15-10-17/h2-5,7,9-10H,6,8H2,1H3. The maximum Gasteiger partial charge on any atom is 0.415 e. The monoisotopic (exact) mass is 279 g/mol. The van der Waals surface area contributed by atoms with E-state index in [0.29, 0.717) is 18.2 Å². The number of para-hydroxylation sites is 2. The number of aromatic nitrogens is 2. The van der Waals surface area contributed by atoms with E-state index in [1.165, 1.54) is 4.90 Å². The zero-order chi connectivity index (χ0) is 13.7. The number of amides is 1. The van der Waals surface area contributed by atoms with Crippen molar-refractivity contribution in [1.29, 1.82) is 0 Å². The van der Waals surface area contributed by atoms with Gasteiger partial charge in [0.15, 0.2) is 5.75 Å². The number of alkyl halides is 1. The highest BCUT2D eigenvalue weighted by atomic mass is 35.5. The molecule has 19 heavy (non-hydrogen) atoms. The molecule has 0 bridgehead atoms. The van der Waals surface area contributed by atoms with Crippen molar-refractivity contribution in [3.05, 3.63) is 43.0 Å². The first-order valence-corrected chi connectivity index (χ1v) is 6.32. The van der Waals surface area contributed by atoms with Gasteiger partial charge in [-0.3, -0.25) is 0 Å². The molecule has 0 radical (unpaired) electrons. The van der Waals surface area contributed by atoms with Crippen molar-refractivity contribution in [3.63, 3.8) is 0 Å². The Balaban J connectivity index is 2.19. The van der Waals surface area contributed by atoms with Gasteiger partial charge in [0.1, 0.15) is 0 Å². The van der Waals surface area contributed by atoms with Gasteiger partial charge in [-0.1, -0.05) is 12.1 Å². The first kappa shape index (κ1) is 13.4. The van der Waals surface area contributed by atoms with Crippen molar-refractivity contribution in [2.45, 2.75) is 0 Å². The van der Waals surface area contributed by atoms with Crippen molar-refractivity contribution in [3.8, 4) is 11.4 Å². The van der Waals surface area contributed by atoms with Crippen LogP contribution < -0.4 is 4.74 Å². The zero-order valence-corrected chi connectivity index (χ0v) is 11.2. The van der Waals surface area contributed by atoms with Crippen molar-refractivity contribution in [1.82, 2.24) is 14.5 Å². The van der Waals surface area contributed by atoms with Crippen molar-refractivity contribution in [2.75, 3.05) is 19.5 Å². The number of benzene rings is 1. The van der Waals surface area contributed by atoms with Crippen LogP contribution in [0.1, 0.15) is 0 Å². The normalized spacial score (nSPS) is 10.2. The van der Waals surface area contributed by atoms with Gasteiger partial charge in [0.2, 0.25) is 0 Å². The summed E-state index contributed by atoms with van der Waals surface area (Å²) in [5.41, 5.74) is 0.757. The molecular weight excluding hydrogens is 266 g/mol. The van der Waals surface area contributed by atoms with Gasteiger partial charge < -0.3 is 14.2 Å². The van der Waals surface area contributed by atoms with Gasteiger partial charge in [-0.25, -0.2) is 9.78 Å². The Morgan fingerprint density at radius 1 is 1.47 bits per heavy atom. The molecule has 0 unspecified atom stereocenters. The summed E-state index contributed by atoms with van der Waals surface area (Å²) in [4.78, 5) is 17.3. The van der Waals surface area contributed by atoms with Gasteiger partial charge in [0.25, 0.3) is 0 Å². The van der Waals surface area contributed by atoms with E-state index >= 15 is 0 Å². The average Bonchev–Trinajstić information content (AvgIpc) is 2.93. The molecule has 2 rings (SSSR count). The molecular formula is C13H14ClN3O2. The Labute approximate surface area is 116 Å². The molecule has 100 valence electrons. The fraction of sp³-hybridized carbons (Fsp3) is 0.231. The SMILES string of the molecule is CN(CCCl)C(=O)Oc1ccccc1-n1ccnc1. The van der Waals surface area contributed by atoms with Crippen LogP contribution in [0.15, 0.2) is 43.0 Å². The lowest BCUT2D eigenvalue weighted by Gasteiger charge is -2.16. The maximum absolute atomic E-state index is 11.8. The van der Waals surface area contributed by atoms with Crippen LogP contribution >= 0.6 is 11.6 Å². The molecule has 0 fully saturated rings.